The third kappa shape index (κ3) is 1.32. The van der Waals surface area contributed by atoms with Crippen LogP contribution in [0.25, 0.3) is 5.65 Å². The number of aliphatic imine (C=N–C) groups is 1. The van der Waals surface area contributed by atoms with E-state index in [9.17, 15) is 4.79 Å². The van der Waals surface area contributed by atoms with E-state index >= 15 is 0 Å². The van der Waals surface area contributed by atoms with Crippen molar-refractivity contribution in [2.45, 2.75) is 6.92 Å². The number of fused-ring (bicyclic) bond motifs is 1. The maximum atomic E-state index is 9.98. The number of hydrogen-bond acceptors (Lipinski definition) is 4. The maximum Gasteiger partial charge on any atom is 0.240 e. The molecule has 0 saturated carbocycles. The Morgan fingerprint density at radius 3 is 3.23 bits per heavy atom. The molecule has 0 unspecified atom stereocenters. The summed E-state index contributed by atoms with van der Waals surface area (Å²) in [7, 11) is 0. The van der Waals surface area contributed by atoms with E-state index in [1.165, 1.54) is 6.08 Å². The maximum absolute atomic E-state index is 9.98. The summed E-state index contributed by atoms with van der Waals surface area (Å²) in [6, 6.07) is 3.34. The van der Waals surface area contributed by atoms with Gasteiger partial charge >= 0.3 is 0 Å². The molecule has 0 saturated heterocycles. The zero-order chi connectivity index (χ0) is 9.26. The van der Waals surface area contributed by atoms with Crippen molar-refractivity contribution in [2.24, 2.45) is 4.99 Å². The largest absolute Gasteiger partial charge is 0.240 e. The van der Waals surface area contributed by atoms with Crippen molar-refractivity contribution >= 4 is 17.4 Å². The predicted molar refractivity (Wildman–Crippen MR) is 45.5 cm³/mol. The predicted octanol–water partition coefficient (Wildman–Crippen LogP) is 1.01. The standard InChI is InChI=1S/C8H6N4O/c1-6-10-8-4-7(9-5-13)2-3-12(8)11-6/h2-4H,1H3. The summed E-state index contributed by atoms with van der Waals surface area (Å²) in [4.78, 5) is 17.6. The van der Waals surface area contributed by atoms with Crippen LogP contribution in [-0.2, 0) is 4.79 Å². The molecule has 13 heavy (non-hydrogen) atoms. The van der Waals surface area contributed by atoms with Crippen molar-refractivity contribution < 1.29 is 4.79 Å². The first kappa shape index (κ1) is 7.64. The van der Waals surface area contributed by atoms with E-state index in [2.05, 4.69) is 15.1 Å². The van der Waals surface area contributed by atoms with Crippen LogP contribution < -0.4 is 0 Å². The normalized spacial score (nSPS) is 9.92. The van der Waals surface area contributed by atoms with Gasteiger partial charge in [-0.2, -0.15) is 10.1 Å². The molecule has 0 atom stereocenters. The fourth-order valence-electron chi connectivity index (χ4n) is 1.10. The number of isocyanates is 1. The Morgan fingerprint density at radius 1 is 1.62 bits per heavy atom. The highest BCUT2D eigenvalue weighted by Crippen LogP contribution is 2.12. The van der Waals surface area contributed by atoms with Gasteiger partial charge in [-0.15, -0.1) is 0 Å². The van der Waals surface area contributed by atoms with Crippen LogP contribution in [0.2, 0.25) is 0 Å². The van der Waals surface area contributed by atoms with Crippen LogP contribution in [0.15, 0.2) is 23.3 Å². The lowest BCUT2D eigenvalue weighted by Gasteiger charge is -1.90. The van der Waals surface area contributed by atoms with E-state index in [4.69, 9.17) is 0 Å². The van der Waals surface area contributed by atoms with E-state index in [1.54, 1.807) is 29.8 Å². The summed E-state index contributed by atoms with van der Waals surface area (Å²) >= 11 is 0. The molecule has 0 fully saturated rings. The summed E-state index contributed by atoms with van der Waals surface area (Å²) in [6.07, 6.45) is 3.17. The first-order chi connectivity index (χ1) is 6.29. The van der Waals surface area contributed by atoms with Crippen LogP contribution in [-0.4, -0.2) is 20.7 Å². The Hall–Kier alpha value is -2.00. The minimum atomic E-state index is 0.537. The lowest BCUT2D eigenvalue weighted by molar-refractivity contribution is 0.565. The molecule has 0 amide bonds. The molecular formula is C8H6N4O. The zero-order valence-electron chi connectivity index (χ0n) is 6.93. The van der Waals surface area contributed by atoms with Crippen molar-refractivity contribution in [3.8, 4) is 0 Å². The van der Waals surface area contributed by atoms with Gasteiger partial charge in [-0.05, 0) is 13.0 Å². The van der Waals surface area contributed by atoms with Gasteiger partial charge in [-0.1, -0.05) is 0 Å². The fourth-order valence-corrected chi connectivity index (χ4v) is 1.10. The molecular weight excluding hydrogens is 168 g/mol. The van der Waals surface area contributed by atoms with Crippen LogP contribution in [0.4, 0.5) is 5.69 Å². The second kappa shape index (κ2) is 2.80. The Kier molecular flexibility index (Phi) is 1.65. The third-order valence-electron chi connectivity index (χ3n) is 1.60. The number of aromatic nitrogens is 3. The summed E-state index contributed by atoms with van der Waals surface area (Å²) < 4.78 is 1.62. The van der Waals surface area contributed by atoms with Gasteiger partial charge in [0, 0.05) is 12.3 Å². The zero-order valence-corrected chi connectivity index (χ0v) is 6.93. The highest BCUT2D eigenvalue weighted by Gasteiger charge is 1.98. The summed E-state index contributed by atoms with van der Waals surface area (Å²) in [5.41, 5.74) is 1.21. The molecule has 2 aromatic rings. The van der Waals surface area contributed by atoms with Crippen molar-refractivity contribution in [2.75, 3.05) is 0 Å². The molecule has 0 aromatic carbocycles. The Labute approximate surface area is 73.7 Å². The third-order valence-corrected chi connectivity index (χ3v) is 1.60. The SMILES string of the molecule is Cc1nc2cc(N=C=O)ccn2n1. The second-order valence-corrected chi connectivity index (χ2v) is 2.55. The van der Waals surface area contributed by atoms with Crippen molar-refractivity contribution in [3.63, 3.8) is 0 Å². The molecule has 64 valence electrons. The van der Waals surface area contributed by atoms with Crippen LogP contribution in [0.1, 0.15) is 5.82 Å². The van der Waals surface area contributed by atoms with E-state index in [1.807, 2.05) is 0 Å². The molecule has 0 aliphatic rings. The Bertz CT molecular complexity index is 496. The molecule has 0 bridgehead atoms. The van der Waals surface area contributed by atoms with Crippen LogP contribution in [0.5, 0.6) is 0 Å². The molecule has 0 N–H and O–H groups in total. The molecule has 2 rings (SSSR count). The monoisotopic (exact) mass is 174 g/mol. The second-order valence-electron chi connectivity index (χ2n) is 2.55. The number of rotatable bonds is 1. The van der Waals surface area contributed by atoms with Crippen molar-refractivity contribution in [3.05, 3.63) is 24.2 Å². The van der Waals surface area contributed by atoms with Crippen LogP contribution >= 0.6 is 0 Å². The van der Waals surface area contributed by atoms with Gasteiger partial charge in [0.1, 0.15) is 5.82 Å². The van der Waals surface area contributed by atoms with E-state index in [-0.39, 0.29) is 0 Å². The van der Waals surface area contributed by atoms with Gasteiger partial charge in [0.25, 0.3) is 0 Å². The molecule has 0 aliphatic carbocycles. The number of nitrogens with zero attached hydrogens (tertiary/aromatic N) is 4. The molecule has 2 aromatic heterocycles. The lowest BCUT2D eigenvalue weighted by atomic mass is 10.4. The summed E-state index contributed by atoms with van der Waals surface area (Å²) in [5.74, 6) is 0.687. The Balaban J connectivity index is 2.67. The van der Waals surface area contributed by atoms with E-state index in [0.29, 0.717) is 17.2 Å². The number of pyridine rings is 1. The minimum Gasteiger partial charge on any atom is -0.221 e. The molecule has 0 radical (unpaired) electrons. The lowest BCUT2D eigenvalue weighted by Crippen LogP contribution is -1.84. The molecule has 0 spiro atoms. The summed E-state index contributed by atoms with van der Waals surface area (Å²) in [5, 5.41) is 4.08. The quantitative estimate of drug-likeness (QED) is 0.478. The van der Waals surface area contributed by atoms with E-state index in [0.717, 1.165) is 0 Å². The smallest absolute Gasteiger partial charge is 0.221 e. The van der Waals surface area contributed by atoms with Gasteiger partial charge in [-0.25, -0.2) is 14.3 Å². The van der Waals surface area contributed by atoms with Gasteiger partial charge in [0.05, 0.1) is 5.69 Å². The van der Waals surface area contributed by atoms with Crippen molar-refractivity contribution in [1.82, 2.24) is 14.6 Å². The van der Waals surface area contributed by atoms with Gasteiger partial charge in [-0.3, -0.25) is 0 Å². The van der Waals surface area contributed by atoms with Gasteiger partial charge in [0.2, 0.25) is 6.08 Å². The first-order valence-electron chi connectivity index (χ1n) is 3.70. The molecule has 2 heterocycles. The van der Waals surface area contributed by atoms with Gasteiger partial charge in [0.15, 0.2) is 5.65 Å². The molecule has 0 aliphatic heterocycles. The Morgan fingerprint density at radius 2 is 2.46 bits per heavy atom. The molecule has 5 heteroatoms. The topological polar surface area (TPSA) is 59.6 Å². The van der Waals surface area contributed by atoms with Crippen LogP contribution in [0.3, 0.4) is 0 Å². The van der Waals surface area contributed by atoms with Gasteiger partial charge < -0.3 is 0 Å². The molecule has 5 nitrogen and oxygen atoms in total. The number of carbonyl (C=O) groups excluding carboxylic acids is 1. The summed E-state index contributed by atoms with van der Waals surface area (Å²) in [6.45, 7) is 1.80. The number of hydrogen-bond donors (Lipinski definition) is 0. The minimum absolute atomic E-state index is 0.537. The number of aryl methyl sites for hydroxylation is 1. The van der Waals surface area contributed by atoms with E-state index < -0.39 is 0 Å². The highest BCUT2D eigenvalue weighted by molar-refractivity contribution is 5.55. The van der Waals surface area contributed by atoms with Crippen molar-refractivity contribution in [1.29, 1.82) is 0 Å². The highest BCUT2D eigenvalue weighted by atomic mass is 16.1. The average Bonchev–Trinajstić information content (AvgIpc) is 2.44. The first-order valence-corrected chi connectivity index (χ1v) is 3.70. The van der Waals surface area contributed by atoms with Crippen LogP contribution in [0, 0.1) is 6.92 Å². The fraction of sp³-hybridized carbons (Fsp3) is 0.125. The average molecular weight is 174 g/mol.